The third kappa shape index (κ3) is 2.23. The number of anilines is 1. The average Bonchev–Trinajstić information content (AvgIpc) is 2.81. The van der Waals surface area contributed by atoms with Crippen LogP contribution >= 0.6 is 0 Å². The van der Waals surface area contributed by atoms with Crippen molar-refractivity contribution in [1.29, 1.82) is 0 Å². The van der Waals surface area contributed by atoms with E-state index in [1.165, 1.54) is 0 Å². The van der Waals surface area contributed by atoms with Gasteiger partial charge in [-0.15, -0.1) is 0 Å². The van der Waals surface area contributed by atoms with E-state index in [9.17, 15) is 0 Å². The molecule has 2 N–H and O–H groups in total. The Morgan fingerprint density at radius 1 is 1.24 bits per heavy atom. The van der Waals surface area contributed by atoms with Crippen LogP contribution in [0.2, 0.25) is 0 Å². The number of fused-ring (bicyclic) bond motifs is 3. The Kier molecular flexibility index (Phi) is 3.51. The zero-order valence-electron chi connectivity index (χ0n) is 12.6. The quantitative estimate of drug-likeness (QED) is 0.799. The second-order valence-corrected chi connectivity index (χ2v) is 5.62. The Balaban J connectivity index is 2.35. The molecule has 2 aromatic heterocycles. The van der Waals surface area contributed by atoms with Gasteiger partial charge in [0.1, 0.15) is 5.52 Å². The fourth-order valence-electron chi connectivity index (χ4n) is 2.81. The first kappa shape index (κ1) is 13.8. The standard InChI is InChI=1S/C16H20N4O/c1-10(2)14(9-21-3)20-15-11-6-4-5-7-12(11)18-8-13(15)19-16(20)17/h4-8,10,14H,9H2,1-3H3,(H2,17,19). The van der Waals surface area contributed by atoms with Crippen molar-refractivity contribution in [1.82, 2.24) is 14.5 Å². The van der Waals surface area contributed by atoms with E-state index in [0.29, 0.717) is 18.5 Å². The van der Waals surface area contributed by atoms with Crippen molar-refractivity contribution in [3.05, 3.63) is 30.5 Å². The lowest BCUT2D eigenvalue weighted by molar-refractivity contribution is 0.136. The molecule has 0 saturated heterocycles. The molecule has 110 valence electrons. The number of hydrogen-bond acceptors (Lipinski definition) is 4. The Bertz CT molecular complexity index is 778. The third-order valence-corrected chi connectivity index (χ3v) is 3.89. The molecule has 0 aliphatic rings. The second-order valence-electron chi connectivity index (χ2n) is 5.62. The summed E-state index contributed by atoms with van der Waals surface area (Å²) in [5, 5.41) is 1.07. The number of methoxy groups -OCH3 is 1. The zero-order valence-corrected chi connectivity index (χ0v) is 12.6. The molecule has 0 amide bonds. The highest BCUT2D eigenvalue weighted by molar-refractivity contribution is 6.03. The summed E-state index contributed by atoms with van der Waals surface area (Å²) in [5.41, 5.74) is 8.99. The van der Waals surface area contributed by atoms with Crippen LogP contribution in [-0.2, 0) is 4.74 Å². The average molecular weight is 284 g/mol. The molecule has 3 aromatic rings. The van der Waals surface area contributed by atoms with Crippen LogP contribution in [0, 0.1) is 5.92 Å². The number of nitrogens with zero attached hydrogens (tertiary/aromatic N) is 3. The van der Waals surface area contributed by atoms with Gasteiger partial charge in [-0.1, -0.05) is 32.0 Å². The number of rotatable bonds is 4. The fourth-order valence-corrected chi connectivity index (χ4v) is 2.81. The molecule has 0 aliphatic heterocycles. The zero-order chi connectivity index (χ0) is 15.0. The maximum atomic E-state index is 6.18. The summed E-state index contributed by atoms with van der Waals surface area (Å²) in [6.07, 6.45) is 1.79. The van der Waals surface area contributed by atoms with Crippen LogP contribution in [0.5, 0.6) is 0 Å². The summed E-state index contributed by atoms with van der Waals surface area (Å²) in [6.45, 7) is 4.93. The van der Waals surface area contributed by atoms with Crippen molar-refractivity contribution in [2.24, 2.45) is 5.92 Å². The molecule has 0 bridgehead atoms. The maximum absolute atomic E-state index is 6.18. The summed E-state index contributed by atoms with van der Waals surface area (Å²) in [7, 11) is 1.71. The SMILES string of the molecule is COCC(C(C)C)n1c(N)nc2cnc3ccccc3c21. The molecule has 3 rings (SSSR count). The molecule has 2 heterocycles. The molecule has 0 spiro atoms. The highest BCUT2D eigenvalue weighted by atomic mass is 16.5. The fraction of sp³-hybridized carbons (Fsp3) is 0.375. The largest absolute Gasteiger partial charge is 0.383 e. The van der Waals surface area contributed by atoms with Gasteiger partial charge in [-0.2, -0.15) is 0 Å². The van der Waals surface area contributed by atoms with Crippen molar-refractivity contribution in [2.45, 2.75) is 19.9 Å². The number of nitrogen functional groups attached to an aromatic ring is 1. The Morgan fingerprint density at radius 2 is 2.00 bits per heavy atom. The van der Waals surface area contributed by atoms with Gasteiger partial charge in [-0.25, -0.2) is 4.98 Å². The van der Waals surface area contributed by atoms with Gasteiger partial charge in [0, 0.05) is 12.5 Å². The smallest absolute Gasteiger partial charge is 0.201 e. The van der Waals surface area contributed by atoms with Crippen molar-refractivity contribution >= 4 is 27.9 Å². The van der Waals surface area contributed by atoms with E-state index in [1.807, 2.05) is 18.2 Å². The molecule has 0 radical (unpaired) electrons. The molecule has 5 nitrogen and oxygen atoms in total. The predicted octanol–water partition coefficient (Wildman–Crippen LogP) is 3.01. The second kappa shape index (κ2) is 5.33. The number of benzene rings is 1. The summed E-state index contributed by atoms with van der Waals surface area (Å²) in [6, 6.07) is 8.21. The Hall–Kier alpha value is -2.14. The van der Waals surface area contributed by atoms with Gasteiger partial charge in [0.05, 0.1) is 29.9 Å². The maximum Gasteiger partial charge on any atom is 0.201 e. The molecule has 21 heavy (non-hydrogen) atoms. The molecule has 1 aromatic carbocycles. The Labute approximate surface area is 123 Å². The molecule has 5 heteroatoms. The minimum absolute atomic E-state index is 0.144. The number of aromatic nitrogens is 3. The number of pyridine rings is 1. The molecular formula is C16H20N4O. The van der Waals surface area contributed by atoms with E-state index >= 15 is 0 Å². The van der Waals surface area contributed by atoms with Gasteiger partial charge >= 0.3 is 0 Å². The molecule has 0 aliphatic carbocycles. The lowest BCUT2D eigenvalue weighted by Gasteiger charge is -2.23. The van der Waals surface area contributed by atoms with E-state index in [0.717, 1.165) is 21.9 Å². The first-order chi connectivity index (χ1) is 10.1. The van der Waals surface area contributed by atoms with Crippen LogP contribution in [0.4, 0.5) is 5.95 Å². The van der Waals surface area contributed by atoms with E-state index in [4.69, 9.17) is 10.5 Å². The summed E-state index contributed by atoms with van der Waals surface area (Å²) < 4.78 is 7.48. The highest BCUT2D eigenvalue weighted by Gasteiger charge is 2.22. The first-order valence-corrected chi connectivity index (χ1v) is 7.13. The minimum Gasteiger partial charge on any atom is -0.383 e. The molecule has 1 atom stereocenters. The van der Waals surface area contributed by atoms with Crippen molar-refractivity contribution in [3.8, 4) is 0 Å². The highest BCUT2D eigenvalue weighted by Crippen LogP contribution is 2.31. The normalized spacial score (nSPS) is 13.3. The van der Waals surface area contributed by atoms with Gasteiger partial charge < -0.3 is 15.0 Å². The van der Waals surface area contributed by atoms with Gasteiger partial charge in [-0.05, 0) is 12.0 Å². The number of hydrogen-bond donors (Lipinski definition) is 1. The van der Waals surface area contributed by atoms with E-state index < -0.39 is 0 Å². The van der Waals surface area contributed by atoms with E-state index in [-0.39, 0.29) is 6.04 Å². The lowest BCUT2D eigenvalue weighted by atomic mass is 10.0. The van der Waals surface area contributed by atoms with Crippen molar-refractivity contribution < 1.29 is 4.74 Å². The number of nitrogens with two attached hydrogens (primary N) is 1. The summed E-state index contributed by atoms with van der Waals surface area (Å²) in [4.78, 5) is 8.92. The molecule has 0 saturated carbocycles. The Morgan fingerprint density at radius 3 is 2.71 bits per heavy atom. The van der Waals surface area contributed by atoms with E-state index in [1.54, 1.807) is 13.3 Å². The van der Waals surface area contributed by atoms with Crippen LogP contribution in [0.25, 0.3) is 21.9 Å². The van der Waals surface area contributed by atoms with Crippen LogP contribution in [0.1, 0.15) is 19.9 Å². The molecule has 1 unspecified atom stereocenters. The van der Waals surface area contributed by atoms with Gasteiger partial charge in [-0.3, -0.25) is 4.98 Å². The molecular weight excluding hydrogens is 264 g/mol. The van der Waals surface area contributed by atoms with Crippen molar-refractivity contribution in [2.75, 3.05) is 19.5 Å². The van der Waals surface area contributed by atoms with E-state index in [2.05, 4.69) is 34.4 Å². The van der Waals surface area contributed by atoms with Crippen LogP contribution in [0.15, 0.2) is 30.5 Å². The van der Waals surface area contributed by atoms with Crippen molar-refractivity contribution in [3.63, 3.8) is 0 Å². The van der Waals surface area contributed by atoms with Crippen LogP contribution in [0.3, 0.4) is 0 Å². The third-order valence-electron chi connectivity index (χ3n) is 3.89. The van der Waals surface area contributed by atoms with Crippen LogP contribution in [-0.4, -0.2) is 28.3 Å². The lowest BCUT2D eigenvalue weighted by Crippen LogP contribution is -2.21. The topological polar surface area (TPSA) is 66.0 Å². The number of para-hydroxylation sites is 1. The van der Waals surface area contributed by atoms with Gasteiger partial charge in [0.2, 0.25) is 5.95 Å². The molecule has 0 fully saturated rings. The number of ether oxygens (including phenoxy) is 1. The summed E-state index contributed by atoms with van der Waals surface area (Å²) >= 11 is 0. The van der Waals surface area contributed by atoms with Crippen LogP contribution < -0.4 is 5.73 Å². The first-order valence-electron chi connectivity index (χ1n) is 7.13. The number of imidazole rings is 1. The summed E-state index contributed by atoms with van der Waals surface area (Å²) in [5.74, 6) is 0.899. The van der Waals surface area contributed by atoms with Gasteiger partial charge in [0.25, 0.3) is 0 Å². The monoisotopic (exact) mass is 284 g/mol. The predicted molar refractivity (Wildman–Crippen MR) is 85.2 cm³/mol. The van der Waals surface area contributed by atoms with Gasteiger partial charge in [0.15, 0.2) is 0 Å². The minimum atomic E-state index is 0.144.